The van der Waals surface area contributed by atoms with Gasteiger partial charge in [0.25, 0.3) is 0 Å². The van der Waals surface area contributed by atoms with E-state index in [0.29, 0.717) is 0 Å². The Morgan fingerprint density at radius 3 is 2.94 bits per heavy atom. The fraction of sp³-hybridized carbons (Fsp3) is 0.214. The maximum Gasteiger partial charge on any atom is 0.160 e. The molecule has 2 aromatic carbocycles. The first-order valence-corrected chi connectivity index (χ1v) is 5.51. The van der Waals surface area contributed by atoms with Crippen molar-refractivity contribution in [1.29, 1.82) is 0 Å². The number of fused-ring (bicyclic) bond motifs is 3. The molecule has 0 aliphatic carbocycles. The van der Waals surface area contributed by atoms with E-state index in [9.17, 15) is 4.79 Å². The minimum atomic E-state index is -0.279. The standard InChI is InChI=1S/C14H12O2/c15-9-12-8-7-11-6-5-10-3-1-2-4-13(10)14(11)16-12/h1-6,9,12H,7-8H2. The zero-order chi connectivity index (χ0) is 11.0. The molecule has 2 nitrogen and oxygen atoms in total. The maximum absolute atomic E-state index is 10.8. The van der Waals surface area contributed by atoms with Crippen LogP contribution < -0.4 is 4.74 Å². The number of hydrogen-bond donors (Lipinski definition) is 0. The molecule has 0 amide bonds. The SMILES string of the molecule is O=CC1CCc2ccc3ccccc3c2O1. The molecular formula is C14H12O2. The van der Waals surface area contributed by atoms with Gasteiger partial charge in [-0.05, 0) is 23.8 Å². The molecule has 3 rings (SSSR count). The first-order valence-electron chi connectivity index (χ1n) is 5.51. The summed E-state index contributed by atoms with van der Waals surface area (Å²) in [4.78, 5) is 10.8. The van der Waals surface area contributed by atoms with Gasteiger partial charge in [0.1, 0.15) is 5.75 Å². The van der Waals surface area contributed by atoms with Gasteiger partial charge in [-0.2, -0.15) is 0 Å². The average Bonchev–Trinajstić information content (AvgIpc) is 2.38. The number of ether oxygens (including phenoxy) is 1. The van der Waals surface area contributed by atoms with Crippen LogP contribution in [-0.4, -0.2) is 12.4 Å². The number of rotatable bonds is 1. The average molecular weight is 212 g/mol. The highest BCUT2D eigenvalue weighted by molar-refractivity contribution is 5.90. The first kappa shape index (κ1) is 9.40. The van der Waals surface area contributed by atoms with E-state index in [-0.39, 0.29) is 6.10 Å². The van der Waals surface area contributed by atoms with Crippen molar-refractivity contribution in [1.82, 2.24) is 0 Å². The van der Waals surface area contributed by atoms with Crippen molar-refractivity contribution in [3.8, 4) is 5.75 Å². The first-order chi connectivity index (χ1) is 7.88. The van der Waals surface area contributed by atoms with Gasteiger partial charge in [0.2, 0.25) is 0 Å². The molecule has 1 heterocycles. The number of carbonyl (C=O) groups excluding carboxylic acids is 1. The summed E-state index contributed by atoms with van der Waals surface area (Å²) in [6.07, 6.45) is 2.32. The van der Waals surface area contributed by atoms with Crippen LogP contribution in [0.1, 0.15) is 12.0 Å². The molecule has 2 aromatic rings. The van der Waals surface area contributed by atoms with Crippen LogP contribution in [0.5, 0.6) is 5.75 Å². The van der Waals surface area contributed by atoms with Crippen LogP contribution in [0.2, 0.25) is 0 Å². The van der Waals surface area contributed by atoms with Gasteiger partial charge >= 0.3 is 0 Å². The van der Waals surface area contributed by atoms with E-state index in [4.69, 9.17) is 4.74 Å². The van der Waals surface area contributed by atoms with Gasteiger partial charge in [0, 0.05) is 5.39 Å². The molecule has 0 bridgehead atoms. The Morgan fingerprint density at radius 1 is 1.19 bits per heavy atom. The molecule has 1 unspecified atom stereocenters. The molecule has 1 atom stereocenters. The second-order valence-corrected chi connectivity index (χ2v) is 4.11. The maximum atomic E-state index is 10.8. The highest BCUT2D eigenvalue weighted by Gasteiger charge is 2.20. The molecule has 1 aliphatic heterocycles. The Labute approximate surface area is 93.8 Å². The topological polar surface area (TPSA) is 26.3 Å². The third kappa shape index (κ3) is 1.38. The highest BCUT2D eigenvalue weighted by atomic mass is 16.5. The number of carbonyl (C=O) groups is 1. The van der Waals surface area contributed by atoms with Crippen molar-refractivity contribution >= 4 is 17.1 Å². The van der Waals surface area contributed by atoms with Gasteiger partial charge in [-0.3, -0.25) is 4.79 Å². The lowest BCUT2D eigenvalue weighted by Gasteiger charge is -2.23. The van der Waals surface area contributed by atoms with Crippen molar-refractivity contribution < 1.29 is 9.53 Å². The fourth-order valence-corrected chi connectivity index (χ4v) is 2.23. The van der Waals surface area contributed by atoms with E-state index in [2.05, 4.69) is 18.2 Å². The quantitative estimate of drug-likeness (QED) is 0.679. The summed E-state index contributed by atoms with van der Waals surface area (Å²) in [7, 11) is 0. The van der Waals surface area contributed by atoms with Gasteiger partial charge in [0.05, 0.1) is 0 Å². The third-order valence-electron chi connectivity index (χ3n) is 3.08. The summed E-state index contributed by atoms with van der Waals surface area (Å²) >= 11 is 0. The summed E-state index contributed by atoms with van der Waals surface area (Å²) < 4.78 is 5.73. The van der Waals surface area contributed by atoms with Crippen LogP contribution in [0.4, 0.5) is 0 Å². The summed E-state index contributed by atoms with van der Waals surface area (Å²) in [5.74, 6) is 0.890. The largest absolute Gasteiger partial charge is 0.482 e. The Hall–Kier alpha value is -1.83. The highest BCUT2D eigenvalue weighted by Crippen LogP contribution is 2.34. The summed E-state index contributed by atoms with van der Waals surface area (Å²) in [5.41, 5.74) is 1.21. The van der Waals surface area contributed by atoms with Crippen LogP contribution in [0, 0.1) is 0 Å². The molecule has 80 valence electrons. The number of aryl methyl sites for hydroxylation is 1. The minimum Gasteiger partial charge on any atom is -0.482 e. The normalized spacial score (nSPS) is 18.9. The predicted octanol–water partition coefficient (Wildman–Crippen LogP) is 2.73. The lowest BCUT2D eigenvalue weighted by Crippen LogP contribution is -2.23. The summed E-state index contributed by atoms with van der Waals surface area (Å²) in [6, 6.07) is 12.3. The molecule has 0 fully saturated rings. The molecule has 0 saturated carbocycles. The van der Waals surface area contributed by atoms with Crippen molar-refractivity contribution in [3.63, 3.8) is 0 Å². The Balaban J connectivity index is 2.21. The second-order valence-electron chi connectivity index (χ2n) is 4.11. The zero-order valence-electron chi connectivity index (χ0n) is 8.85. The number of hydrogen-bond acceptors (Lipinski definition) is 2. The third-order valence-corrected chi connectivity index (χ3v) is 3.08. The molecule has 0 N–H and O–H groups in total. The molecule has 2 heteroatoms. The second kappa shape index (κ2) is 3.63. The van der Waals surface area contributed by atoms with E-state index in [1.165, 1.54) is 5.56 Å². The Bertz CT molecular complexity index is 545. The van der Waals surface area contributed by atoms with E-state index < -0.39 is 0 Å². The molecule has 0 saturated heterocycles. The Morgan fingerprint density at radius 2 is 2.06 bits per heavy atom. The molecule has 0 radical (unpaired) electrons. The number of aldehydes is 1. The lowest BCUT2D eigenvalue weighted by atomic mass is 9.98. The molecule has 0 spiro atoms. The lowest BCUT2D eigenvalue weighted by molar-refractivity contribution is -0.114. The molecule has 16 heavy (non-hydrogen) atoms. The van der Waals surface area contributed by atoms with Crippen LogP contribution >= 0.6 is 0 Å². The van der Waals surface area contributed by atoms with Crippen molar-refractivity contribution in [3.05, 3.63) is 42.0 Å². The fourth-order valence-electron chi connectivity index (χ4n) is 2.23. The predicted molar refractivity (Wildman–Crippen MR) is 62.7 cm³/mol. The van der Waals surface area contributed by atoms with Gasteiger partial charge in [-0.25, -0.2) is 0 Å². The number of benzene rings is 2. The van der Waals surface area contributed by atoms with Crippen molar-refractivity contribution in [2.24, 2.45) is 0 Å². The van der Waals surface area contributed by atoms with Crippen LogP contribution in [-0.2, 0) is 11.2 Å². The van der Waals surface area contributed by atoms with Crippen LogP contribution in [0.3, 0.4) is 0 Å². The molecule has 1 aliphatic rings. The van der Waals surface area contributed by atoms with E-state index >= 15 is 0 Å². The molecule has 0 aromatic heterocycles. The Kier molecular flexibility index (Phi) is 2.13. The van der Waals surface area contributed by atoms with E-state index in [1.54, 1.807) is 0 Å². The van der Waals surface area contributed by atoms with Gasteiger partial charge in [-0.15, -0.1) is 0 Å². The summed E-state index contributed by atoms with van der Waals surface area (Å²) in [6.45, 7) is 0. The van der Waals surface area contributed by atoms with Gasteiger partial charge in [-0.1, -0.05) is 36.4 Å². The van der Waals surface area contributed by atoms with Gasteiger partial charge < -0.3 is 4.74 Å². The smallest absolute Gasteiger partial charge is 0.160 e. The van der Waals surface area contributed by atoms with Crippen LogP contribution in [0.25, 0.3) is 10.8 Å². The van der Waals surface area contributed by atoms with E-state index in [0.717, 1.165) is 35.6 Å². The summed E-state index contributed by atoms with van der Waals surface area (Å²) in [5, 5.41) is 2.26. The monoisotopic (exact) mass is 212 g/mol. The van der Waals surface area contributed by atoms with Crippen molar-refractivity contribution in [2.45, 2.75) is 18.9 Å². The van der Waals surface area contributed by atoms with E-state index in [1.807, 2.05) is 18.2 Å². The molecular weight excluding hydrogens is 200 g/mol. The zero-order valence-corrected chi connectivity index (χ0v) is 8.85. The van der Waals surface area contributed by atoms with Gasteiger partial charge in [0.15, 0.2) is 12.4 Å². The minimum absolute atomic E-state index is 0.279. The van der Waals surface area contributed by atoms with Crippen LogP contribution in [0.15, 0.2) is 36.4 Å². The van der Waals surface area contributed by atoms with Crippen molar-refractivity contribution in [2.75, 3.05) is 0 Å².